The Morgan fingerprint density at radius 3 is 2.33 bits per heavy atom. The van der Waals surface area contributed by atoms with Crippen LogP contribution in [0.2, 0.25) is 10.0 Å². The average Bonchev–Trinajstić information content (AvgIpc) is 3.37. The molecule has 0 bridgehead atoms. The first-order chi connectivity index (χ1) is 18.6. The first-order valence-electron chi connectivity index (χ1n) is 12.6. The Hall–Kier alpha value is -3.47. The van der Waals surface area contributed by atoms with E-state index < -0.39 is 28.8 Å². The highest BCUT2D eigenvalue weighted by molar-refractivity contribution is 6.40. The molecule has 0 unspecified atom stereocenters. The molecule has 3 N–H and O–H groups in total. The van der Waals surface area contributed by atoms with E-state index in [1.807, 2.05) is 4.90 Å². The topological polar surface area (TPSA) is 132 Å². The predicted molar refractivity (Wildman–Crippen MR) is 152 cm³/mol. The van der Waals surface area contributed by atoms with E-state index in [0.29, 0.717) is 30.0 Å². The van der Waals surface area contributed by atoms with E-state index in [1.54, 1.807) is 24.3 Å². The predicted octanol–water partition coefficient (Wildman–Crippen LogP) is 3.79. The number of rotatable bonds is 11. The highest BCUT2D eigenvalue weighted by Crippen LogP contribution is 2.31. The van der Waals surface area contributed by atoms with Crippen LogP contribution in [-0.2, 0) is 4.79 Å². The monoisotopic (exact) mass is 573 g/mol. The van der Waals surface area contributed by atoms with Crippen molar-refractivity contribution in [2.45, 2.75) is 38.8 Å². The van der Waals surface area contributed by atoms with Crippen molar-refractivity contribution >= 4 is 52.1 Å². The zero-order valence-corrected chi connectivity index (χ0v) is 23.1. The van der Waals surface area contributed by atoms with Crippen molar-refractivity contribution in [3.63, 3.8) is 0 Å². The smallest absolute Gasteiger partial charge is 0.305 e. The fourth-order valence-electron chi connectivity index (χ4n) is 5.02. The Labute approximate surface area is 235 Å². The molecule has 1 saturated heterocycles. The number of aromatic nitrogens is 1. The molecule has 0 saturated carbocycles. The molecule has 0 aliphatic carbocycles. The number of hydrogen-bond acceptors (Lipinski definition) is 8. The number of nitrogens with one attached hydrogen (secondary N) is 2. The Kier molecular flexibility index (Phi) is 8.89. The van der Waals surface area contributed by atoms with Gasteiger partial charge in [0.05, 0.1) is 28.1 Å². The van der Waals surface area contributed by atoms with Gasteiger partial charge < -0.3 is 20.6 Å². The fraction of sp³-hybridized carbons (Fsp3) is 0.370. The van der Waals surface area contributed by atoms with Crippen molar-refractivity contribution in [3.05, 3.63) is 78.3 Å². The van der Waals surface area contributed by atoms with Crippen LogP contribution in [0.3, 0.4) is 0 Å². The van der Waals surface area contributed by atoms with Crippen LogP contribution in [0.4, 0.5) is 17.1 Å². The summed E-state index contributed by atoms with van der Waals surface area (Å²) < 4.78 is 0. The minimum atomic E-state index is -1.07. The molecule has 0 radical (unpaired) electrons. The van der Waals surface area contributed by atoms with Crippen LogP contribution in [0, 0.1) is 0 Å². The van der Waals surface area contributed by atoms with Crippen molar-refractivity contribution in [2.75, 3.05) is 41.7 Å². The zero-order chi connectivity index (χ0) is 28.3. The number of carboxylic acids is 1. The van der Waals surface area contributed by atoms with E-state index in [-0.39, 0.29) is 33.8 Å². The van der Waals surface area contributed by atoms with Gasteiger partial charge in [0.1, 0.15) is 11.4 Å². The number of hydrogen-bond donors (Lipinski definition) is 3. The fourth-order valence-corrected chi connectivity index (χ4v) is 5.56. The van der Waals surface area contributed by atoms with Crippen LogP contribution in [0.1, 0.15) is 48.7 Å². The molecule has 2 aromatic carbocycles. The second-order valence-corrected chi connectivity index (χ2v) is 10.2. The number of benzene rings is 1. The van der Waals surface area contributed by atoms with Crippen molar-refractivity contribution in [1.82, 2.24) is 9.88 Å². The van der Waals surface area contributed by atoms with Gasteiger partial charge >= 0.3 is 5.97 Å². The van der Waals surface area contributed by atoms with Crippen molar-refractivity contribution in [3.8, 4) is 0 Å². The molecule has 1 aliphatic heterocycles. The maximum absolute atomic E-state index is 12.7. The molecule has 2 atom stereocenters. The normalized spacial score (nSPS) is 16.0. The molecule has 0 spiro atoms. The average molecular weight is 574 g/mol. The largest absolute Gasteiger partial charge is 0.481 e. The Bertz CT molecular complexity index is 1410. The van der Waals surface area contributed by atoms with Crippen molar-refractivity contribution in [1.29, 1.82) is 0 Å². The first-order valence-corrected chi connectivity index (χ1v) is 13.4. The number of amides is 1. The molecule has 12 heteroatoms. The number of likely N-dealkylation sites (N-methyl/N-ethyl adjacent to an activating group) is 1. The standard InChI is InChI=1S/C27H29Cl2N5O5/c1-3-33(4-2)17-9-10-34(14-17)24-23(25(37)26(24)38)32-20(11-21(35)36)15-5-7-16(8-6-15)31-27(39)22-18(28)12-30-13-19(22)29/h5-8,12-13,17,20,32H,3-4,9-11,14H2,1-2H3,(H,31,39)(H,35,36)/t17-,20-/m0/s1. The van der Waals surface area contributed by atoms with Gasteiger partial charge in [-0.1, -0.05) is 49.2 Å². The summed E-state index contributed by atoms with van der Waals surface area (Å²) in [4.78, 5) is 57.5. The lowest BCUT2D eigenvalue weighted by atomic mass is 10.0. The van der Waals surface area contributed by atoms with Crippen molar-refractivity contribution in [2.24, 2.45) is 0 Å². The van der Waals surface area contributed by atoms with Gasteiger partial charge in [0.25, 0.3) is 16.8 Å². The number of anilines is 3. The lowest BCUT2D eigenvalue weighted by Gasteiger charge is -2.29. The first kappa shape index (κ1) is 28.5. The van der Waals surface area contributed by atoms with Gasteiger partial charge in [-0.25, -0.2) is 0 Å². The van der Waals surface area contributed by atoms with Crippen LogP contribution < -0.4 is 26.4 Å². The number of nitrogens with zero attached hydrogens (tertiary/aromatic N) is 3. The minimum Gasteiger partial charge on any atom is -0.481 e. The lowest BCUT2D eigenvalue weighted by Crippen LogP contribution is -2.44. The third-order valence-corrected chi connectivity index (χ3v) is 7.62. The van der Waals surface area contributed by atoms with E-state index in [0.717, 1.165) is 19.5 Å². The number of carbonyl (C=O) groups excluding carboxylic acids is 1. The van der Waals surface area contributed by atoms with Gasteiger partial charge in [-0.3, -0.25) is 29.1 Å². The SMILES string of the molecule is CCN(CC)[C@H]1CCN(c2c(N[C@@H](CC(=O)O)c3ccc(NC(=O)c4c(Cl)cncc4Cl)cc3)c(=O)c2=O)C1. The van der Waals surface area contributed by atoms with E-state index in [4.69, 9.17) is 23.2 Å². The third-order valence-electron chi connectivity index (χ3n) is 7.04. The summed E-state index contributed by atoms with van der Waals surface area (Å²) in [5.41, 5.74) is 0.333. The summed E-state index contributed by atoms with van der Waals surface area (Å²) in [7, 11) is 0. The summed E-state index contributed by atoms with van der Waals surface area (Å²) in [6, 6.07) is 5.99. The van der Waals surface area contributed by atoms with Gasteiger partial charge in [-0.2, -0.15) is 0 Å². The number of carboxylic acid groups (broad SMARTS) is 1. The number of halogens is 2. The second kappa shape index (κ2) is 12.1. The van der Waals surface area contributed by atoms with Gasteiger partial charge in [0, 0.05) is 37.2 Å². The molecule has 2 heterocycles. The Morgan fingerprint density at radius 1 is 1.10 bits per heavy atom. The van der Waals surface area contributed by atoms with E-state index in [1.165, 1.54) is 12.4 Å². The molecule has 4 rings (SSSR count). The number of aliphatic carboxylic acids is 1. The van der Waals surface area contributed by atoms with E-state index in [9.17, 15) is 24.3 Å². The van der Waals surface area contributed by atoms with Crippen molar-refractivity contribution < 1.29 is 14.7 Å². The zero-order valence-electron chi connectivity index (χ0n) is 21.5. The lowest BCUT2D eigenvalue weighted by molar-refractivity contribution is -0.137. The summed E-state index contributed by atoms with van der Waals surface area (Å²) in [5, 5.41) is 15.5. The Morgan fingerprint density at radius 2 is 1.74 bits per heavy atom. The molecular weight excluding hydrogens is 545 g/mol. The molecule has 39 heavy (non-hydrogen) atoms. The molecule has 1 aromatic heterocycles. The summed E-state index contributed by atoms with van der Waals surface area (Å²) >= 11 is 12.1. The highest BCUT2D eigenvalue weighted by Gasteiger charge is 2.34. The van der Waals surface area contributed by atoms with Crippen LogP contribution in [0.25, 0.3) is 0 Å². The molecule has 1 aliphatic rings. The van der Waals surface area contributed by atoms with Gasteiger partial charge in [0.2, 0.25) is 0 Å². The molecule has 206 valence electrons. The second-order valence-electron chi connectivity index (χ2n) is 9.34. The quantitative estimate of drug-likeness (QED) is 0.293. The van der Waals surface area contributed by atoms with Crippen LogP contribution in [0.5, 0.6) is 0 Å². The minimum absolute atomic E-state index is 0.0839. The molecule has 3 aromatic rings. The maximum atomic E-state index is 12.7. The van der Waals surface area contributed by atoms with Gasteiger partial charge in [-0.05, 0) is 37.2 Å². The number of pyridine rings is 1. The van der Waals surface area contributed by atoms with Crippen LogP contribution in [0.15, 0.2) is 46.2 Å². The molecule has 10 nitrogen and oxygen atoms in total. The Balaban J connectivity index is 1.52. The van der Waals surface area contributed by atoms with Gasteiger partial charge in [-0.15, -0.1) is 0 Å². The highest BCUT2D eigenvalue weighted by atomic mass is 35.5. The maximum Gasteiger partial charge on any atom is 0.305 e. The van der Waals surface area contributed by atoms with Gasteiger partial charge in [0.15, 0.2) is 0 Å². The van der Waals surface area contributed by atoms with Crippen LogP contribution in [-0.4, -0.2) is 59.1 Å². The molecule has 1 amide bonds. The summed E-state index contributed by atoms with van der Waals surface area (Å²) in [5.74, 6) is -1.60. The number of carbonyl (C=O) groups is 2. The van der Waals surface area contributed by atoms with E-state index in [2.05, 4.69) is 34.4 Å². The third kappa shape index (κ3) is 6.08. The molecular formula is C27H29Cl2N5O5. The summed E-state index contributed by atoms with van der Waals surface area (Å²) in [6.07, 6.45) is 3.18. The van der Waals surface area contributed by atoms with Crippen LogP contribution >= 0.6 is 23.2 Å². The summed E-state index contributed by atoms with van der Waals surface area (Å²) in [6.45, 7) is 7.24. The van der Waals surface area contributed by atoms with E-state index >= 15 is 0 Å². The molecule has 1 fully saturated rings.